The van der Waals surface area contributed by atoms with Crippen molar-refractivity contribution in [3.63, 3.8) is 0 Å². The molecule has 1 aliphatic heterocycles. The SMILES string of the molecule is CC.CC.CCCC(C)COc1ccc(C(N)CN2CCN(C)CC2)cc1. The van der Waals surface area contributed by atoms with Crippen molar-refractivity contribution in [2.45, 2.75) is 60.4 Å². The maximum Gasteiger partial charge on any atom is 0.119 e. The Morgan fingerprint density at radius 3 is 2.07 bits per heavy atom. The topological polar surface area (TPSA) is 41.7 Å². The van der Waals surface area contributed by atoms with E-state index in [1.165, 1.54) is 18.4 Å². The van der Waals surface area contributed by atoms with Crippen molar-refractivity contribution in [3.05, 3.63) is 29.8 Å². The fourth-order valence-corrected chi connectivity index (χ4v) is 3.04. The van der Waals surface area contributed by atoms with Crippen LogP contribution in [0.5, 0.6) is 5.75 Å². The van der Waals surface area contributed by atoms with Crippen LogP contribution >= 0.6 is 0 Å². The van der Waals surface area contributed by atoms with E-state index in [0.717, 1.165) is 45.1 Å². The van der Waals surface area contributed by atoms with E-state index in [1.807, 2.05) is 27.7 Å². The summed E-state index contributed by atoms with van der Waals surface area (Å²) in [5.41, 5.74) is 7.57. The van der Waals surface area contributed by atoms with Crippen LogP contribution in [0.3, 0.4) is 0 Å². The van der Waals surface area contributed by atoms with Crippen LogP contribution < -0.4 is 10.5 Å². The fraction of sp³-hybridized carbons (Fsp3) is 0.739. The molecule has 2 unspecified atom stereocenters. The largest absolute Gasteiger partial charge is 0.493 e. The zero-order chi connectivity index (χ0) is 20.7. The average molecular weight is 380 g/mol. The molecule has 1 fully saturated rings. The molecule has 1 aromatic rings. The molecule has 1 aromatic carbocycles. The van der Waals surface area contributed by atoms with Crippen molar-refractivity contribution < 1.29 is 4.74 Å². The molecule has 0 aromatic heterocycles. The molecule has 0 radical (unpaired) electrons. The number of piperazine rings is 1. The molecule has 4 heteroatoms. The van der Waals surface area contributed by atoms with Crippen molar-refractivity contribution in [2.24, 2.45) is 11.7 Å². The molecule has 158 valence electrons. The van der Waals surface area contributed by atoms with Gasteiger partial charge in [-0.1, -0.05) is 60.1 Å². The van der Waals surface area contributed by atoms with Gasteiger partial charge in [0.25, 0.3) is 0 Å². The second-order valence-electron chi connectivity index (χ2n) is 6.98. The quantitative estimate of drug-likeness (QED) is 0.704. The summed E-state index contributed by atoms with van der Waals surface area (Å²) in [5, 5.41) is 0. The summed E-state index contributed by atoms with van der Waals surface area (Å²) < 4.78 is 5.86. The molecule has 1 aliphatic rings. The molecular weight excluding hydrogens is 334 g/mol. The predicted octanol–water partition coefficient (Wildman–Crippen LogP) is 4.80. The van der Waals surface area contributed by atoms with Gasteiger partial charge in [0.15, 0.2) is 0 Å². The third-order valence-corrected chi connectivity index (χ3v) is 4.68. The van der Waals surface area contributed by atoms with Crippen molar-refractivity contribution in [1.82, 2.24) is 9.80 Å². The van der Waals surface area contributed by atoms with Crippen molar-refractivity contribution in [2.75, 3.05) is 46.4 Å². The van der Waals surface area contributed by atoms with Crippen LogP contribution in [0.15, 0.2) is 24.3 Å². The molecule has 0 spiro atoms. The van der Waals surface area contributed by atoms with Crippen LogP contribution in [-0.4, -0.2) is 56.2 Å². The van der Waals surface area contributed by atoms with E-state index in [9.17, 15) is 0 Å². The van der Waals surface area contributed by atoms with Crippen LogP contribution in [0.2, 0.25) is 0 Å². The summed E-state index contributed by atoms with van der Waals surface area (Å²) in [6.45, 7) is 18.7. The first-order valence-corrected chi connectivity index (χ1v) is 11.0. The maximum atomic E-state index is 6.38. The van der Waals surface area contributed by atoms with Crippen molar-refractivity contribution in [1.29, 1.82) is 0 Å². The van der Waals surface area contributed by atoms with E-state index >= 15 is 0 Å². The van der Waals surface area contributed by atoms with E-state index in [1.54, 1.807) is 0 Å². The first-order chi connectivity index (χ1) is 13.1. The number of ether oxygens (including phenoxy) is 1. The number of nitrogens with two attached hydrogens (primary N) is 1. The van der Waals surface area contributed by atoms with E-state index < -0.39 is 0 Å². The highest BCUT2D eigenvalue weighted by molar-refractivity contribution is 5.29. The van der Waals surface area contributed by atoms with Crippen LogP contribution in [0.1, 0.15) is 66.0 Å². The minimum atomic E-state index is 0.0754. The lowest BCUT2D eigenvalue weighted by Crippen LogP contribution is -2.46. The summed E-state index contributed by atoms with van der Waals surface area (Å²) in [7, 11) is 2.18. The van der Waals surface area contributed by atoms with Crippen LogP contribution in [-0.2, 0) is 0 Å². The predicted molar refractivity (Wildman–Crippen MR) is 120 cm³/mol. The summed E-state index contributed by atoms with van der Waals surface area (Å²) in [6, 6.07) is 8.41. The molecule has 1 heterocycles. The Morgan fingerprint density at radius 2 is 1.56 bits per heavy atom. The van der Waals surface area contributed by atoms with Gasteiger partial charge in [-0.3, -0.25) is 4.90 Å². The zero-order valence-corrected chi connectivity index (χ0v) is 19.0. The minimum absolute atomic E-state index is 0.0754. The first kappa shape index (κ1) is 25.9. The standard InChI is InChI=1S/C19H33N3O.2C2H6/c1-4-5-16(2)15-23-18-8-6-17(7-9-18)19(20)14-22-12-10-21(3)11-13-22;2*1-2/h6-9,16,19H,4-5,10-15,20H2,1-3H3;2*1-2H3. The Balaban J connectivity index is 0.00000158. The van der Waals surface area contributed by atoms with Crippen molar-refractivity contribution in [3.8, 4) is 5.75 Å². The Morgan fingerprint density at radius 1 is 1.00 bits per heavy atom. The Hall–Kier alpha value is -1.10. The van der Waals surface area contributed by atoms with Gasteiger partial charge in [0.05, 0.1) is 6.61 Å². The number of benzene rings is 1. The molecule has 0 aliphatic carbocycles. The molecule has 4 nitrogen and oxygen atoms in total. The summed E-state index contributed by atoms with van der Waals surface area (Å²) in [6.07, 6.45) is 2.43. The van der Waals surface area contributed by atoms with Gasteiger partial charge in [0.2, 0.25) is 0 Å². The number of likely N-dealkylation sites (N-methyl/N-ethyl adjacent to an activating group) is 1. The normalized spacial score (nSPS) is 17.0. The van der Waals surface area contributed by atoms with E-state index in [2.05, 4.69) is 55.0 Å². The lowest BCUT2D eigenvalue weighted by atomic mass is 10.1. The Kier molecular flexibility index (Phi) is 15.3. The van der Waals surface area contributed by atoms with Gasteiger partial charge in [0, 0.05) is 38.8 Å². The summed E-state index contributed by atoms with van der Waals surface area (Å²) in [4.78, 5) is 4.83. The van der Waals surface area contributed by atoms with Crippen LogP contribution in [0.4, 0.5) is 0 Å². The molecule has 0 amide bonds. The second-order valence-corrected chi connectivity index (χ2v) is 6.98. The van der Waals surface area contributed by atoms with Gasteiger partial charge >= 0.3 is 0 Å². The number of rotatable bonds is 8. The molecule has 2 N–H and O–H groups in total. The minimum Gasteiger partial charge on any atom is -0.493 e. The lowest BCUT2D eigenvalue weighted by molar-refractivity contribution is 0.147. The van der Waals surface area contributed by atoms with Crippen LogP contribution in [0.25, 0.3) is 0 Å². The molecule has 1 saturated heterocycles. The zero-order valence-electron chi connectivity index (χ0n) is 19.0. The molecule has 27 heavy (non-hydrogen) atoms. The number of nitrogens with zero attached hydrogens (tertiary/aromatic N) is 2. The smallest absolute Gasteiger partial charge is 0.119 e. The lowest BCUT2D eigenvalue weighted by Gasteiger charge is -2.33. The third-order valence-electron chi connectivity index (χ3n) is 4.68. The maximum absolute atomic E-state index is 6.38. The van der Waals surface area contributed by atoms with E-state index in [0.29, 0.717) is 5.92 Å². The fourth-order valence-electron chi connectivity index (χ4n) is 3.04. The van der Waals surface area contributed by atoms with Gasteiger partial charge < -0.3 is 15.4 Å². The van der Waals surface area contributed by atoms with Gasteiger partial charge in [-0.15, -0.1) is 0 Å². The molecule has 0 bridgehead atoms. The molecule has 0 saturated carbocycles. The van der Waals surface area contributed by atoms with Gasteiger partial charge in [-0.2, -0.15) is 0 Å². The first-order valence-electron chi connectivity index (χ1n) is 11.0. The van der Waals surface area contributed by atoms with Gasteiger partial charge in [-0.05, 0) is 37.1 Å². The second kappa shape index (κ2) is 15.9. The highest BCUT2D eigenvalue weighted by Gasteiger charge is 2.17. The average Bonchev–Trinajstić information content (AvgIpc) is 2.72. The monoisotopic (exact) mass is 379 g/mol. The molecular formula is C23H45N3O. The van der Waals surface area contributed by atoms with Gasteiger partial charge in [-0.25, -0.2) is 0 Å². The highest BCUT2D eigenvalue weighted by Crippen LogP contribution is 2.19. The van der Waals surface area contributed by atoms with E-state index in [-0.39, 0.29) is 6.04 Å². The summed E-state index contributed by atoms with van der Waals surface area (Å²) >= 11 is 0. The Labute approximate surface area is 169 Å². The van der Waals surface area contributed by atoms with Crippen LogP contribution in [0, 0.1) is 5.92 Å². The van der Waals surface area contributed by atoms with Gasteiger partial charge in [0.1, 0.15) is 5.75 Å². The number of hydrogen-bond acceptors (Lipinski definition) is 4. The summed E-state index contributed by atoms with van der Waals surface area (Å²) in [5.74, 6) is 1.56. The Bertz CT molecular complexity index is 441. The molecule has 2 atom stereocenters. The van der Waals surface area contributed by atoms with E-state index in [4.69, 9.17) is 10.5 Å². The molecule has 2 rings (SSSR count). The van der Waals surface area contributed by atoms with Crippen molar-refractivity contribution >= 4 is 0 Å². The highest BCUT2D eigenvalue weighted by atomic mass is 16.5. The third kappa shape index (κ3) is 10.7. The number of hydrogen-bond donors (Lipinski definition) is 1.